The van der Waals surface area contributed by atoms with Gasteiger partial charge in [0.25, 0.3) is 0 Å². The minimum absolute atomic E-state index is 1.02. The van der Waals surface area contributed by atoms with Gasteiger partial charge >= 0.3 is 0 Å². The lowest BCUT2D eigenvalue weighted by Gasteiger charge is -2.24. The average molecular weight is 325 g/mol. The van der Waals surface area contributed by atoms with Gasteiger partial charge in [-0.3, -0.25) is 0 Å². The van der Waals surface area contributed by atoms with Crippen molar-refractivity contribution in [1.29, 1.82) is 0 Å². The monoisotopic (exact) mass is 324 g/mol. The molecule has 0 aliphatic carbocycles. The second-order valence-electron chi connectivity index (χ2n) is 7.95. The predicted octanol–water partition coefficient (Wildman–Crippen LogP) is 8.93. The fourth-order valence-electron chi connectivity index (χ4n) is 4.04. The van der Waals surface area contributed by atoms with Crippen LogP contribution in [0.25, 0.3) is 0 Å². The van der Waals surface area contributed by atoms with Crippen LogP contribution in [0, 0.1) is 11.8 Å². The number of hydrogen-bond donors (Lipinski definition) is 0. The summed E-state index contributed by atoms with van der Waals surface area (Å²) in [4.78, 5) is 0. The van der Waals surface area contributed by atoms with Crippen molar-refractivity contribution in [3.05, 3.63) is 0 Å². The lowest BCUT2D eigenvalue weighted by Crippen LogP contribution is -2.10. The third-order valence-corrected chi connectivity index (χ3v) is 5.51. The second-order valence-corrected chi connectivity index (χ2v) is 7.95. The van der Waals surface area contributed by atoms with Crippen LogP contribution in [-0.4, -0.2) is 0 Å². The van der Waals surface area contributed by atoms with Gasteiger partial charge in [-0.25, -0.2) is 0 Å². The lowest BCUT2D eigenvalue weighted by atomic mass is 9.82. The fraction of sp³-hybridized carbons (Fsp3) is 1.00. The van der Waals surface area contributed by atoms with Crippen molar-refractivity contribution in [2.24, 2.45) is 11.8 Å². The summed E-state index contributed by atoms with van der Waals surface area (Å²) in [6.07, 6.45) is 24.7. The maximum absolute atomic E-state index is 2.38. The molecule has 0 radical (unpaired) electrons. The van der Waals surface area contributed by atoms with Crippen LogP contribution in [0.15, 0.2) is 0 Å². The molecule has 0 aliphatic heterocycles. The summed E-state index contributed by atoms with van der Waals surface area (Å²) in [5.74, 6) is 2.05. The van der Waals surface area contributed by atoms with E-state index in [0.29, 0.717) is 0 Å². The Morgan fingerprint density at radius 2 is 0.783 bits per heavy atom. The molecule has 0 fully saturated rings. The Morgan fingerprint density at radius 3 is 1.22 bits per heavy atom. The zero-order valence-electron chi connectivity index (χ0n) is 17.2. The van der Waals surface area contributed by atoms with E-state index in [2.05, 4.69) is 27.7 Å². The highest BCUT2D eigenvalue weighted by molar-refractivity contribution is 4.68. The first-order chi connectivity index (χ1) is 11.3. The van der Waals surface area contributed by atoms with Crippen LogP contribution in [0.2, 0.25) is 0 Å². The van der Waals surface area contributed by atoms with Crippen molar-refractivity contribution < 1.29 is 0 Å². The van der Waals surface area contributed by atoms with E-state index in [1.807, 2.05) is 0 Å². The first-order valence-corrected chi connectivity index (χ1v) is 11.3. The predicted molar refractivity (Wildman–Crippen MR) is 108 cm³/mol. The van der Waals surface area contributed by atoms with Crippen LogP contribution in [0.4, 0.5) is 0 Å². The van der Waals surface area contributed by atoms with Crippen molar-refractivity contribution in [3.63, 3.8) is 0 Å². The summed E-state index contributed by atoms with van der Waals surface area (Å²) in [7, 11) is 0. The van der Waals surface area contributed by atoms with Crippen molar-refractivity contribution in [2.45, 2.75) is 137 Å². The molecule has 0 aromatic rings. The summed E-state index contributed by atoms with van der Waals surface area (Å²) < 4.78 is 0. The van der Waals surface area contributed by atoms with Crippen LogP contribution in [-0.2, 0) is 0 Å². The van der Waals surface area contributed by atoms with E-state index in [-0.39, 0.29) is 0 Å². The van der Waals surface area contributed by atoms with Crippen molar-refractivity contribution in [1.82, 2.24) is 0 Å². The Hall–Kier alpha value is 0. The lowest BCUT2D eigenvalue weighted by molar-refractivity contribution is 0.287. The SMILES string of the molecule is CCCCCCC(CCC)CC(CCCCC)CCCCCC. The molecule has 0 bridgehead atoms. The Kier molecular flexibility index (Phi) is 18.3. The van der Waals surface area contributed by atoms with Crippen molar-refractivity contribution in [3.8, 4) is 0 Å². The number of hydrogen-bond acceptors (Lipinski definition) is 0. The van der Waals surface area contributed by atoms with Gasteiger partial charge in [0, 0.05) is 0 Å². The van der Waals surface area contributed by atoms with Gasteiger partial charge in [0.15, 0.2) is 0 Å². The molecular weight excluding hydrogens is 276 g/mol. The first kappa shape index (κ1) is 23.0. The highest BCUT2D eigenvalue weighted by Crippen LogP contribution is 2.30. The van der Waals surface area contributed by atoms with Crippen LogP contribution in [0.5, 0.6) is 0 Å². The quantitative estimate of drug-likeness (QED) is 0.221. The Labute approximate surface area is 149 Å². The Morgan fingerprint density at radius 1 is 0.391 bits per heavy atom. The summed E-state index contributed by atoms with van der Waals surface area (Å²) in [6.45, 7) is 9.37. The van der Waals surface area contributed by atoms with E-state index in [4.69, 9.17) is 0 Å². The summed E-state index contributed by atoms with van der Waals surface area (Å²) >= 11 is 0. The number of unbranched alkanes of at least 4 members (excludes halogenated alkanes) is 8. The molecule has 0 aliphatic rings. The summed E-state index contributed by atoms with van der Waals surface area (Å²) in [5, 5.41) is 0. The Bertz CT molecular complexity index is 208. The van der Waals surface area contributed by atoms with Crippen LogP contribution >= 0.6 is 0 Å². The third kappa shape index (κ3) is 15.3. The van der Waals surface area contributed by atoms with Crippen LogP contribution < -0.4 is 0 Å². The molecule has 0 amide bonds. The molecule has 0 aromatic heterocycles. The zero-order chi connectivity index (χ0) is 17.2. The van der Waals surface area contributed by atoms with E-state index in [0.717, 1.165) is 11.8 Å². The van der Waals surface area contributed by atoms with Crippen molar-refractivity contribution in [2.75, 3.05) is 0 Å². The van der Waals surface area contributed by atoms with Gasteiger partial charge in [-0.05, 0) is 18.3 Å². The molecule has 0 rings (SSSR count). The van der Waals surface area contributed by atoms with Gasteiger partial charge < -0.3 is 0 Å². The average Bonchev–Trinajstić information content (AvgIpc) is 2.55. The molecule has 140 valence electrons. The third-order valence-electron chi connectivity index (χ3n) is 5.51. The number of rotatable bonds is 18. The molecule has 0 spiro atoms. The molecule has 0 saturated heterocycles. The van der Waals surface area contributed by atoms with E-state index < -0.39 is 0 Å². The van der Waals surface area contributed by atoms with E-state index in [1.165, 1.54) is 109 Å². The van der Waals surface area contributed by atoms with Crippen LogP contribution in [0.1, 0.15) is 137 Å². The van der Waals surface area contributed by atoms with Gasteiger partial charge in [0.05, 0.1) is 0 Å². The van der Waals surface area contributed by atoms with Gasteiger partial charge in [-0.2, -0.15) is 0 Å². The topological polar surface area (TPSA) is 0 Å². The maximum Gasteiger partial charge on any atom is -0.0412 e. The van der Waals surface area contributed by atoms with E-state index in [9.17, 15) is 0 Å². The van der Waals surface area contributed by atoms with Gasteiger partial charge in [-0.15, -0.1) is 0 Å². The highest BCUT2D eigenvalue weighted by Gasteiger charge is 2.15. The molecule has 0 aromatic carbocycles. The second kappa shape index (κ2) is 18.3. The molecule has 2 atom stereocenters. The molecule has 0 heteroatoms. The minimum Gasteiger partial charge on any atom is -0.0654 e. The molecule has 0 saturated carbocycles. The van der Waals surface area contributed by atoms with Gasteiger partial charge in [-0.1, -0.05) is 130 Å². The maximum atomic E-state index is 2.38. The molecule has 0 nitrogen and oxygen atoms in total. The van der Waals surface area contributed by atoms with Crippen LogP contribution in [0.3, 0.4) is 0 Å². The largest absolute Gasteiger partial charge is 0.0654 e. The normalized spacial score (nSPS) is 14.1. The molecule has 2 unspecified atom stereocenters. The summed E-state index contributed by atoms with van der Waals surface area (Å²) in [6, 6.07) is 0. The first-order valence-electron chi connectivity index (χ1n) is 11.3. The molecule has 0 N–H and O–H groups in total. The van der Waals surface area contributed by atoms with Gasteiger partial charge in [0.1, 0.15) is 0 Å². The minimum atomic E-state index is 1.02. The van der Waals surface area contributed by atoms with Gasteiger partial charge in [0.2, 0.25) is 0 Å². The Balaban J connectivity index is 4.20. The smallest absolute Gasteiger partial charge is 0.0412 e. The molecule has 23 heavy (non-hydrogen) atoms. The standard InChI is InChI=1S/C23H48/c1-5-9-12-15-19-22(17-8-4)21-23(18-14-11-7-3)20-16-13-10-6-2/h22-23H,5-21H2,1-4H3. The van der Waals surface area contributed by atoms with E-state index in [1.54, 1.807) is 0 Å². The fourth-order valence-corrected chi connectivity index (χ4v) is 4.04. The van der Waals surface area contributed by atoms with Crippen molar-refractivity contribution >= 4 is 0 Å². The zero-order valence-corrected chi connectivity index (χ0v) is 17.2. The summed E-state index contributed by atoms with van der Waals surface area (Å²) in [5.41, 5.74) is 0. The highest BCUT2D eigenvalue weighted by atomic mass is 14.2. The molecular formula is C23H48. The van der Waals surface area contributed by atoms with E-state index >= 15 is 0 Å². The molecule has 0 heterocycles.